The zero-order valence-corrected chi connectivity index (χ0v) is 20.9. The van der Waals surface area contributed by atoms with Crippen molar-refractivity contribution in [2.24, 2.45) is 11.3 Å². The van der Waals surface area contributed by atoms with Crippen molar-refractivity contribution in [3.05, 3.63) is 71.6 Å². The van der Waals surface area contributed by atoms with E-state index in [9.17, 15) is 14.7 Å². The van der Waals surface area contributed by atoms with Gasteiger partial charge in [0.05, 0.1) is 18.4 Å². The molecule has 1 heterocycles. The van der Waals surface area contributed by atoms with E-state index in [1.54, 1.807) is 52.0 Å². The summed E-state index contributed by atoms with van der Waals surface area (Å²) in [6, 6.07) is 16.9. The number of esters is 1. The predicted octanol–water partition coefficient (Wildman–Crippen LogP) is 5.49. The smallest absolute Gasteiger partial charge is 0.324 e. The summed E-state index contributed by atoms with van der Waals surface area (Å²) in [4.78, 5) is 29.6. The molecule has 35 heavy (non-hydrogen) atoms. The third-order valence-electron chi connectivity index (χ3n) is 6.00. The minimum Gasteiger partial charge on any atom is -0.493 e. The fourth-order valence-corrected chi connectivity index (χ4v) is 3.90. The van der Waals surface area contributed by atoms with Crippen LogP contribution in [0.5, 0.6) is 5.75 Å². The van der Waals surface area contributed by atoms with Crippen LogP contribution in [0.15, 0.2) is 59.0 Å². The van der Waals surface area contributed by atoms with Gasteiger partial charge in [-0.3, -0.25) is 9.59 Å². The van der Waals surface area contributed by atoms with E-state index in [-0.39, 0.29) is 6.42 Å². The molecule has 0 aliphatic heterocycles. The third-order valence-corrected chi connectivity index (χ3v) is 6.00. The maximum Gasteiger partial charge on any atom is 0.324 e. The van der Waals surface area contributed by atoms with Gasteiger partial charge in [-0.05, 0) is 62.9 Å². The van der Waals surface area contributed by atoms with Crippen LogP contribution < -0.4 is 4.74 Å². The minimum absolute atomic E-state index is 0.0340. The number of nitrogens with zero attached hydrogens (tertiary/aromatic N) is 1. The van der Waals surface area contributed by atoms with Gasteiger partial charge < -0.3 is 19.0 Å². The Labute approximate surface area is 206 Å². The molecule has 0 amide bonds. The highest BCUT2D eigenvalue weighted by molar-refractivity contribution is 5.99. The Bertz CT molecular complexity index is 1130. The second kappa shape index (κ2) is 11.2. The average Bonchev–Trinajstić information content (AvgIpc) is 3.18. The third kappa shape index (κ3) is 6.10. The number of rotatable bonds is 11. The van der Waals surface area contributed by atoms with Gasteiger partial charge in [-0.1, -0.05) is 44.2 Å². The first-order valence-corrected chi connectivity index (χ1v) is 11.8. The van der Waals surface area contributed by atoms with Crippen molar-refractivity contribution in [3.8, 4) is 17.2 Å². The van der Waals surface area contributed by atoms with E-state index < -0.39 is 29.4 Å². The Kier molecular flexibility index (Phi) is 8.33. The van der Waals surface area contributed by atoms with Crippen molar-refractivity contribution in [1.29, 1.82) is 0 Å². The van der Waals surface area contributed by atoms with Crippen molar-refractivity contribution in [1.82, 2.24) is 4.98 Å². The van der Waals surface area contributed by atoms with Crippen molar-refractivity contribution in [2.75, 3.05) is 6.61 Å². The van der Waals surface area contributed by atoms with Crippen LogP contribution in [0.4, 0.5) is 0 Å². The van der Waals surface area contributed by atoms with E-state index in [0.717, 1.165) is 17.0 Å². The van der Waals surface area contributed by atoms with Gasteiger partial charge in [0, 0.05) is 12.0 Å². The Morgan fingerprint density at radius 2 is 1.69 bits per heavy atom. The molecule has 1 N–H and O–H groups in total. The number of carbonyl (C=O) groups is 2. The lowest BCUT2D eigenvalue weighted by Crippen LogP contribution is -2.47. The zero-order chi connectivity index (χ0) is 25.6. The summed E-state index contributed by atoms with van der Waals surface area (Å²) < 4.78 is 17.0. The van der Waals surface area contributed by atoms with Crippen LogP contribution in [0, 0.1) is 18.3 Å². The van der Waals surface area contributed by atoms with Gasteiger partial charge in [0.2, 0.25) is 5.89 Å². The maximum absolute atomic E-state index is 12.8. The molecule has 1 aromatic heterocycles. The Morgan fingerprint density at radius 3 is 2.26 bits per heavy atom. The van der Waals surface area contributed by atoms with E-state index in [0.29, 0.717) is 30.2 Å². The van der Waals surface area contributed by atoms with E-state index in [1.807, 2.05) is 37.3 Å². The standard InChI is InChI=1S/C28H33NO6/c1-18(2)28(26(30)31,27(32)34-19(3)4)17-21-11-13-23(14-12-21)33-16-15-24-20(5)35-25(29-24)22-9-7-6-8-10-22/h6-14,18-19H,15-17H2,1-5H3,(H,30,31). The van der Waals surface area contributed by atoms with Gasteiger partial charge in [0.25, 0.3) is 0 Å². The number of carbonyl (C=O) groups excluding carboxylic acids is 1. The highest BCUT2D eigenvalue weighted by Gasteiger charge is 2.50. The summed E-state index contributed by atoms with van der Waals surface area (Å²) >= 11 is 0. The molecule has 2 aromatic carbocycles. The summed E-state index contributed by atoms with van der Waals surface area (Å²) in [5.74, 6) is -0.355. The zero-order valence-electron chi connectivity index (χ0n) is 20.9. The highest BCUT2D eigenvalue weighted by Crippen LogP contribution is 2.35. The van der Waals surface area contributed by atoms with Gasteiger partial charge in [0.15, 0.2) is 5.41 Å². The molecule has 7 heteroatoms. The normalized spacial score (nSPS) is 13.0. The van der Waals surface area contributed by atoms with Crippen LogP contribution >= 0.6 is 0 Å². The fourth-order valence-electron chi connectivity index (χ4n) is 3.90. The lowest BCUT2D eigenvalue weighted by Gasteiger charge is -2.32. The number of aromatic nitrogens is 1. The number of hydrogen-bond acceptors (Lipinski definition) is 6. The second-order valence-electron chi connectivity index (χ2n) is 9.19. The maximum atomic E-state index is 12.8. The fraction of sp³-hybridized carbons (Fsp3) is 0.393. The summed E-state index contributed by atoms with van der Waals surface area (Å²) in [6.07, 6.45) is 0.222. The van der Waals surface area contributed by atoms with Crippen LogP contribution in [-0.2, 0) is 27.2 Å². The average molecular weight is 480 g/mol. The number of carboxylic acid groups (broad SMARTS) is 1. The molecule has 0 bridgehead atoms. The van der Waals surface area contributed by atoms with Gasteiger partial charge in [-0.25, -0.2) is 4.98 Å². The minimum atomic E-state index is -1.66. The van der Waals surface area contributed by atoms with Crippen LogP contribution in [0.2, 0.25) is 0 Å². The first kappa shape index (κ1) is 26.0. The molecule has 0 saturated carbocycles. The van der Waals surface area contributed by atoms with E-state index in [1.165, 1.54) is 0 Å². The highest BCUT2D eigenvalue weighted by atomic mass is 16.5. The molecule has 0 saturated heterocycles. The number of ether oxygens (including phenoxy) is 2. The van der Waals surface area contributed by atoms with Crippen molar-refractivity contribution < 1.29 is 28.6 Å². The van der Waals surface area contributed by atoms with Crippen LogP contribution in [0.25, 0.3) is 11.5 Å². The first-order chi connectivity index (χ1) is 16.6. The van der Waals surface area contributed by atoms with Crippen LogP contribution in [0.3, 0.4) is 0 Å². The molecule has 3 rings (SSSR count). The summed E-state index contributed by atoms with van der Waals surface area (Å²) in [6.45, 7) is 9.16. The molecule has 0 fully saturated rings. The summed E-state index contributed by atoms with van der Waals surface area (Å²) in [5, 5.41) is 9.98. The molecule has 186 valence electrons. The second-order valence-corrected chi connectivity index (χ2v) is 9.19. The van der Waals surface area contributed by atoms with Crippen molar-refractivity contribution >= 4 is 11.9 Å². The molecule has 0 aliphatic carbocycles. The number of aliphatic carboxylic acids is 1. The largest absolute Gasteiger partial charge is 0.493 e. The predicted molar refractivity (Wildman–Crippen MR) is 132 cm³/mol. The molecule has 0 spiro atoms. The number of hydrogen-bond donors (Lipinski definition) is 1. The lowest BCUT2D eigenvalue weighted by molar-refractivity contribution is -0.175. The summed E-state index contributed by atoms with van der Waals surface area (Å²) in [7, 11) is 0. The molecule has 0 aliphatic rings. The van der Waals surface area contributed by atoms with Gasteiger partial charge in [-0.2, -0.15) is 0 Å². The number of oxazole rings is 1. The number of aryl methyl sites for hydroxylation is 1. The topological polar surface area (TPSA) is 98.9 Å². The van der Waals surface area contributed by atoms with Gasteiger partial charge >= 0.3 is 11.9 Å². The van der Waals surface area contributed by atoms with Crippen molar-refractivity contribution in [3.63, 3.8) is 0 Å². The Morgan fingerprint density at radius 1 is 1.03 bits per heavy atom. The molecule has 0 radical (unpaired) electrons. The number of carboxylic acids is 1. The SMILES string of the molecule is Cc1oc(-c2ccccc2)nc1CCOc1ccc(CC(C(=O)O)(C(=O)OC(C)C)C(C)C)cc1. The van der Waals surface area contributed by atoms with Crippen LogP contribution in [-0.4, -0.2) is 34.7 Å². The van der Waals surface area contributed by atoms with E-state index in [4.69, 9.17) is 13.9 Å². The Balaban J connectivity index is 1.64. The summed E-state index contributed by atoms with van der Waals surface area (Å²) in [5.41, 5.74) is 0.823. The molecule has 1 unspecified atom stereocenters. The molecular weight excluding hydrogens is 446 g/mol. The van der Waals surface area contributed by atoms with Gasteiger partial charge in [-0.15, -0.1) is 0 Å². The Hall–Kier alpha value is -3.61. The van der Waals surface area contributed by atoms with E-state index >= 15 is 0 Å². The molecular formula is C28H33NO6. The molecule has 1 atom stereocenters. The first-order valence-electron chi connectivity index (χ1n) is 11.8. The lowest BCUT2D eigenvalue weighted by atomic mass is 9.72. The number of benzene rings is 2. The van der Waals surface area contributed by atoms with E-state index in [2.05, 4.69) is 4.98 Å². The van der Waals surface area contributed by atoms with Crippen molar-refractivity contribution in [2.45, 2.75) is 53.6 Å². The quantitative estimate of drug-likeness (QED) is 0.287. The van der Waals surface area contributed by atoms with Gasteiger partial charge in [0.1, 0.15) is 11.5 Å². The van der Waals surface area contributed by atoms with Crippen LogP contribution in [0.1, 0.15) is 44.7 Å². The molecule has 7 nitrogen and oxygen atoms in total. The monoisotopic (exact) mass is 479 g/mol. The molecule has 3 aromatic rings.